The standard InChI is InChI=1S/C27H30N2O9/c1-10-16-11(6-8-15(32)29-26(2,3)4)5-7-13(30)18(16)22(34)20-17(10)21(33)12-9-14(31)19(25(28)37)23(35)27(12,38)24(20)36/h5-8,10,12,17,21,30,33-35,38H,9H2,1-4H3,(H2,28,37)(H,29,32)/b8-6+/t10-,12+,17+,21+,27+/m0/s1. The molecule has 1 fully saturated rings. The third-order valence-electron chi connectivity index (χ3n) is 7.42. The first-order valence-electron chi connectivity index (χ1n) is 12.0. The molecular formula is C27H30N2O9. The molecule has 1 saturated carbocycles. The molecule has 0 spiro atoms. The Morgan fingerprint density at radius 3 is 2.37 bits per heavy atom. The summed E-state index contributed by atoms with van der Waals surface area (Å²) in [5.41, 5.74) is 0.975. The molecule has 0 aromatic heterocycles. The van der Waals surface area contributed by atoms with Gasteiger partial charge in [-0.2, -0.15) is 0 Å². The van der Waals surface area contributed by atoms with Gasteiger partial charge in [0.15, 0.2) is 11.4 Å². The minimum atomic E-state index is -2.90. The van der Waals surface area contributed by atoms with Gasteiger partial charge in [-0.25, -0.2) is 0 Å². The van der Waals surface area contributed by atoms with E-state index in [1.54, 1.807) is 6.92 Å². The number of nitrogens with two attached hydrogens (primary N) is 1. The van der Waals surface area contributed by atoms with E-state index < -0.39 is 93.2 Å². The number of ketones is 2. The summed E-state index contributed by atoms with van der Waals surface area (Å²) in [5.74, 6) is -9.80. The predicted molar refractivity (Wildman–Crippen MR) is 134 cm³/mol. The van der Waals surface area contributed by atoms with Gasteiger partial charge in [0.2, 0.25) is 11.7 Å². The molecule has 2 amide bonds. The summed E-state index contributed by atoms with van der Waals surface area (Å²) in [6.07, 6.45) is 0.451. The Balaban J connectivity index is 1.91. The van der Waals surface area contributed by atoms with E-state index in [-0.39, 0.29) is 5.56 Å². The molecule has 0 unspecified atom stereocenters. The number of carbonyl (C=O) groups is 4. The van der Waals surface area contributed by atoms with Gasteiger partial charge >= 0.3 is 0 Å². The van der Waals surface area contributed by atoms with E-state index in [1.165, 1.54) is 24.3 Å². The first-order chi connectivity index (χ1) is 17.5. The van der Waals surface area contributed by atoms with E-state index in [2.05, 4.69) is 5.32 Å². The largest absolute Gasteiger partial charge is 0.508 e. The number of phenols is 1. The molecule has 1 aromatic carbocycles. The number of phenolic OH excluding ortho intramolecular Hbond substituents is 1. The number of amides is 2. The zero-order valence-corrected chi connectivity index (χ0v) is 21.3. The Hall–Kier alpha value is -3.96. The van der Waals surface area contributed by atoms with E-state index in [0.717, 1.165) is 0 Å². The van der Waals surface area contributed by atoms with Crippen LogP contribution in [0.4, 0.5) is 0 Å². The highest BCUT2D eigenvalue weighted by Gasteiger charge is 2.65. The lowest BCUT2D eigenvalue weighted by Crippen LogP contribution is -2.64. The fourth-order valence-electron chi connectivity index (χ4n) is 5.83. The Morgan fingerprint density at radius 2 is 1.79 bits per heavy atom. The van der Waals surface area contributed by atoms with E-state index in [4.69, 9.17) is 5.73 Å². The van der Waals surface area contributed by atoms with Crippen molar-refractivity contribution in [3.63, 3.8) is 0 Å². The first kappa shape index (κ1) is 27.1. The highest BCUT2D eigenvalue weighted by molar-refractivity contribution is 6.23. The van der Waals surface area contributed by atoms with Crippen molar-refractivity contribution in [3.05, 3.63) is 51.8 Å². The monoisotopic (exact) mass is 526 g/mol. The summed E-state index contributed by atoms with van der Waals surface area (Å²) >= 11 is 0. The van der Waals surface area contributed by atoms with Crippen LogP contribution in [0.25, 0.3) is 11.8 Å². The molecule has 0 saturated heterocycles. The van der Waals surface area contributed by atoms with Gasteiger partial charge in [0.1, 0.15) is 22.8 Å². The summed E-state index contributed by atoms with van der Waals surface area (Å²) in [6.45, 7) is 7.06. The van der Waals surface area contributed by atoms with Crippen molar-refractivity contribution in [3.8, 4) is 5.75 Å². The van der Waals surface area contributed by atoms with Crippen LogP contribution >= 0.6 is 0 Å². The molecule has 8 N–H and O–H groups in total. The van der Waals surface area contributed by atoms with Gasteiger partial charge in [-0.05, 0) is 50.0 Å². The molecule has 11 heteroatoms. The van der Waals surface area contributed by atoms with E-state index in [9.17, 15) is 44.7 Å². The molecule has 3 aliphatic rings. The van der Waals surface area contributed by atoms with Crippen LogP contribution in [0.5, 0.6) is 5.75 Å². The van der Waals surface area contributed by atoms with Crippen LogP contribution in [-0.4, -0.2) is 66.2 Å². The van der Waals surface area contributed by atoms with Gasteiger partial charge in [0.25, 0.3) is 5.91 Å². The number of aliphatic hydroxyl groups is 4. The summed E-state index contributed by atoms with van der Waals surface area (Å²) in [7, 11) is 0. The van der Waals surface area contributed by atoms with Crippen molar-refractivity contribution < 1.29 is 44.7 Å². The SMILES string of the molecule is C[C@H]1c2c(/C=C/C(=O)NC(C)(C)C)ccc(O)c2C(O)=C2C(=O)[C@]3(O)C(O)=C(C(N)=O)C(=O)C[C@@H]3[C@@H](O)[C@@H]21. The quantitative estimate of drug-likeness (QED) is 0.220. The fourth-order valence-corrected chi connectivity index (χ4v) is 5.83. The molecule has 3 aliphatic carbocycles. The number of hydrogen-bond acceptors (Lipinski definition) is 9. The zero-order valence-electron chi connectivity index (χ0n) is 21.3. The molecular weight excluding hydrogens is 496 g/mol. The van der Waals surface area contributed by atoms with Crippen LogP contribution in [0.3, 0.4) is 0 Å². The number of aromatic hydroxyl groups is 1. The number of benzene rings is 1. The molecule has 0 aliphatic heterocycles. The van der Waals surface area contributed by atoms with Crippen molar-refractivity contribution in [2.45, 2.75) is 57.3 Å². The van der Waals surface area contributed by atoms with Gasteiger partial charge in [-0.15, -0.1) is 0 Å². The summed E-state index contributed by atoms with van der Waals surface area (Å²) in [5, 5.41) is 58.0. The van der Waals surface area contributed by atoms with Gasteiger partial charge in [0, 0.05) is 35.4 Å². The third-order valence-corrected chi connectivity index (χ3v) is 7.42. The summed E-state index contributed by atoms with van der Waals surface area (Å²) in [6, 6.07) is 2.77. The van der Waals surface area contributed by atoms with Crippen molar-refractivity contribution >= 4 is 35.2 Å². The normalized spacial score (nSPS) is 29.2. The van der Waals surface area contributed by atoms with Crippen molar-refractivity contribution in [1.82, 2.24) is 5.32 Å². The first-order valence-corrected chi connectivity index (χ1v) is 12.0. The lowest BCUT2D eigenvalue weighted by Gasteiger charge is -2.50. The van der Waals surface area contributed by atoms with Gasteiger partial charge < -0.3 is 36.6 Å². The van der Waals surface area contributed by atoms with Crippen molar-refractivity contribution in [2.75, 3.05) is 0 Å². The number of rotatable bonds is 3. The average Bonchev–Trinajstić information content (AvgIpc) is 2.79. The second kappa shape index (κ2) is 8.81. The molecule has 38 heavy (non-hydrogen) atoms. The van der Waals surface area contributed by atoms with Crippen LogP contribution in [-0.2, 0) is 19.2 Å². The molecule has 11 nitrogen and oxygen atoms in total. The second-order valence-electron chi connectivity index (χ2n) is 11.0. The lowest BCUT2D eigenvalue weighted by molar-refractivity contribution is -0.160. The Labute approximate surface area is 218 Å². The number of fused-ring (bicyclic) bond motifs is 3. The predicted octanol–water partition coefficient (Wildman–Crippen LogP) is 0.884. The number of carbonyl (C=O) groups excluding carboxylic acids is 4. The molecule has 0 heterocycles. The lowest BCUT2D eigenvalue weighted by atomic mass is 9.55. The van der Waals surface area contributed by atoms with Crippen molar-refractivity contribution in [1.29, 1.82) is 0 Å². The molecule has 5 atom stereocenters. The third kappa shape index (κ3) is 3.89. The number of aliphatic hydroxyl groups excluding tert-OH is 3. The Morgan fingerprint density at radius 1 is 1.16 bits per heavy atom. The zero-order chi connectivity index (χ0) is 28.5. The van der Waals surface area contributed by atoms with Crippen LogP contribution in [0, 0.1) is 11.8 Å². The minimum absolute atomic E-state index is 0.143. The van der Waals surface area contributed by atoms with E-state index >= 15 is 0 Å². The average molecular weight is 527 g/mol. The number of hydrogen-bond donors (Lipinski definition) is 7. The molecule has 1 aromatic rings. The van der Waals surface area contributed by atoms with Crippen molar-refractivity contribution in [2.24, 2.45) is 17.6 Å². The number of nitrogens with one attached hydrogen (secondary N) is 1. The molecule has 0 radical (unpaired) electrons. The van der Waals surface area contributed by atoms with Gasteiger partial charge in [-0.1, -0.05) is 13.0 Å². The van der Waals surface area contributed by atoms with Gasteiger partial charge in [0.05, 0.1) is 11.7 Å². The van der Waals surface area contributed by atoms with E-state index in [1.807, 2.05) is 20.8 Å². The van der Waals surface area contributed by atoms with Crippen LogP contribution < -0.4 is 11.1 Å². The van der Waals surface area contributed by atoms with Crippen LogP contribution in [0.15, 0.2) is 35.1 Å². The Bertz CT molecular complexity index is 1380. The van der Waals surface area contributed by atoms with Crippen LogP contribution in [0.1, 0.15) is 56.7 Å². The maximum Gasteiger partial charge on any atom is 0.255 e. The minimum Gasteiger partial charge on any atom is -0.508 e. The van der Waals surface area contributed by atoms with Gasteiger partial charge in [-0.3, -0.25) is 19.2 Å². The molecule has 202 valence electrons. The second-order valence-corrected chi connectivity index (χ2v) is 11.0. The highest BCUT2D eigenvalue weighted by Crippen LogP contribution is 2.56. The summed E-state index contributed by atoms with van der Waals surface area (Å²) < 4.78 is 0. The maximum absolute atomic E-state index is 13.7. The highest BCUT2D eigenvalue weighted by atomic mass is 16.4. The fraction of sp³-hybridized carbons (Fsp3) is 0.407. The summed E-state index contributed by atoms with van der Waals surface area (Å²) in [4.78, 5) is 50.4. The number of primary amides is 1. The Kier molecular flexibility index (Phi) is 6.28. The topological polar surface area (TPSA) is 207 Å². The van der Waals surface area contributed by atoms with Crippen LogP contribution in [0.2, 0.25) is 0 Å². The van der Waals surface area contributed by atoms with E-state index in [0.29, 0.717) is 11.1 Å². The molecule has 0 bridgehead atoms. The molecule has 4 rings (SSSR count). The smallest absolute Gasteiger partial charge is 0.255 e. The number of Topliss-reactive ketones (excluding diaryl/α,β-unsaturated/α-hetero) is 2. The maximum atomic E-state index is 13.7.